The zero-order valence-corrected chi connectivity index (χ0v) is 23.5. The van der Waals surface area contributed by atoms with Crippen LogP contribution in [0.4, 0.5) is 10.1 Å². The first-order valence-electron chi connectivity index (χ1n) is 14.0. The van der Waals surface area contributed by atoms with E-state index in [0.29, 0.717) is 21.9 Å². The Morgan fingerprint density at radius 3 is 2.29 bits per heavy atom. The van der Waals surface area contributed by atoms with E-state index >= 15 is 0 Å². The van der Waals surface area contributed by atoms with Gasteiger partial charge in [0.25, 0.3) is 11.8 Å². The molecule has 0 unspecified atom stereocenters. The summed E-state index contributed by atoms with van der Waals surface area (Å²) in [5.41, 5.74) is 4.09. The maximum atomic E-state index is 14.4. The smallest absolute Gasteiger partial charge is 0.265 e. The summed E-state index contributed by atoms with van der Waals surface area (Å²) in [5.74, 6) is 0.150. The van der Waals surface area contributed by atoms with Gasteiger partial charge in [-0.25, -0.2) is 4.39 Å². The molecule has 0 saturated carbocycles. The van der Waals surface area contributed by atoms with Gasteiger partial charge in [0, 0.05) is 29.1 Å². The molecule has 4 nitrogen and oxygen atoms in total. The number of piperidine rings is 1. The third kappa shape index (κ3) is 6.13. The molecule has 2 aliphatic rings. The second-order valence-corrected chi connectivity index (χ2v) is 11.7. The number of amides is 2. The van der Waals surface area contributed by atoms with E-state index in [2.05, 4.69) is 24.3 Å². The molecular weight excluding hydrogens is 531 g/mol. The van der Waals surface area contributed by atoms with E-state index in [1.165, 1.54) is 23.4 Å². The number of halogens is 1. The first-order valence-corrected chi connectivity index (χ1v) is 14.8. The van der Waals surface area contributed by atoms with Gasteiger partial charge in [-0.15, -0.1) is 0 Å². The van der Waals surface area contributed by atoms with Crippen molar-refractivity contribution in [3.8, 4) is 0 Å². The van der Waals surface area contributed by atoms with E-state index in [1.54, 1.807) is 23.1 Å². The Bertz CT molecular complexity index is 1580. The van der Waals surface area contributed by atoms with Gasteiger partial charge < -0.3 is 9.80 Å². The van der Waals surface area contributed by atoms with Crippen LogP contribution >= 0.6 is 11.8 Å². The summed E-state index contributed by atoms with van der Waals surface area (Å²) in [5, 5.41) is 0. The van der Waals surface area contributed by atoms with Crippen molar-refractivity contribution in [1.82, 2.24) is 4.90 Å². The lowest BCUT2D eigenvalue weighted by atomic mass is 9.90. The number of rotatable bonds is 6. The Hall–Kier alpha value is -4.16. The number of anilines is 1. The van der Waals surface area contributed by atoms with Crippen LogP contribution < -0.4 is 4.90 Å². The van der Waals surface area contributed by atoms with Crippen LogP contribution in [0.1, 0.15) is 39.9 Å². The van der Waals surface area contributed by atoms with Gasteiger partial charge in [-0.1, -0.05) is 84.6 Å². The van der Waals surface area contributed by atoms with Crippen LogP contribution in [-0.4, -0.2) is 29.8 Å². The molecule has 0 N–H and O–H groups in total. The van der Waals surface area contributed by atoms with Gasteiger partial charge in [0.1, 0.15) is 5.82 Å². The van der Waals surface area contributed by atoms with Gasteiger partial charge >= 0.3 is 0 Å². The van der Waals surface area contributed by atoms with Crippen LogP contribution in [0.2, 0.25) is 0 Å². The summed E-state index contributed by atoms with van der Waals surface area (Å²) < 4.78 is 14.4. The number of benzene rings is 4. The summed E-state index contributed by atoms with van der Waals surface area (Å²) in [6.45, 7) is 1.69. The van der Waals surface area contributed by atoms with E-state index in [4.69, 9.17) is 0 Å². The minimum absolute atomic E-state index is 0.0514. The zero-order valence-electron chi connectivity index (χ0n) is 22.7. The lowest BCUT2D eigenvalue weighted by molar-refractivity contribution is -0.114. The molecule has 1 fully saturated rings. The number of hydrogen-bond donors (Lipinski definition) is 0. The third-order valence-corrected chi connectivity index (χ3v) is 8.92. The number of para-hydroxylation sites is 1. The van der Waals surface area contributed by atoms with Crippen LogP contribution in [0.25, 0.3) is 6.08 Å². The quantitative estimate of drug-likeness (QED) is 0.227. The van der Waals surface area contributed by atoms with Crippen molar-refractivity contribution in [1.29, 1.82) is 0 Å². The molecule has 0 aliphatic carbocycles. The van der Waals surface area contributed by atoms with Crippen LogP contribution in [0.3, 0.4) is 0 Å². The fourth-order valence-electron chi connectivity index (χ4n) is 5.56. The molecule has 6 heteroatoms. The Morgan fingerprint density at radius 2 is 1.54 bits per heavy atom. The predicted octanol–water partition coefficient (Wildman–Crippen LogP) is 7.60. The molecular formula is C35H31FN2O2S. The highest BCUT2D eigenvalue weighted by Gasteiger charge is 2.30. The molecule has 1 saturated heterocycles. The van der Waals surface area contributed by atoms with Gasteiger partial charge in [-0.2, -0.15) is 0 Å². The number of carbonyl (C=O) groups excluding carboxylic acids is 2. The maximum Gasteiger partial charge on any atom is 0.265 e. The van der Waals surface area contributed by atoms with E-state index in [9.17, 15) is 14.0 Å². The normalized spacial score (nSPS) is 16.6. The molecule has 4 aromatic carbocycles. The fourth-order valence-corrected chi connectivity index (χ4v) is 6.62. The average Bonchev–Trinajstić information content (AvgIpc) is 3.01. The maximum absolute atomic E-state index is 14.4. The van der Waals surface area contributed by atoms with Crippen LogP contribution in [0.15, 0.2) is 113 Å². The minimum atomic E-state index is -0.331. The first-order chi connectivity index (χ1) is 20.0. The van der Waals surface area contributed by atoms with Gasteiger partial charge in [-0.05, 0) is 72.7 Å². The lowest BCUT2D eigenvalue weighted by Gasteiger charge is -2.32. The van der Waals surface area contributed by atoms with Crippen LogP contribution in [0.5, 0.6) is 0 Å². The second-order valence-electron chi connectivity index (χ2n) is 10.6. The van der Waals surface area contributed by atoms with Crippen molar-refractivity contribution in [2.75, 3.05) is 18.0 Å². The average molecular weight is 563 g/mol. The molecule has 0 aromatic heterocycles. The predicted molar refractivity (Wildman–Crippen MR) is 163 cm³/mol. The van der Waals surface area contributed by atoms with Crippen molar-refractivity contribution >= 4 is 35.3 Å². The Kier molecular flexibility index (Phi) is 8.01. The molecule has 4 aromatic rings. The highest BCUT2D eigenvalue weighted by atomic mass is 32.2. The van der Waals surface area contributed by atoms with E-state index in [0.717, 1.165) is 48.5 Å². The standard InChI is InChI=1S/C35H31FN2O2S/c36-30-11-5-4-10-29(30)24-38-31-12-6-7-13-32(31)41-33(35(38)40)23-26-14-16-28(17-15-26)34(39)37-20-18-27(19-21-37)22-25-8-2-1-3-9-25/h1-17,23,27H,18-22,24H2/b33-23-. The third-order valence-electron chi connectivity index (χ3n) is 7.84. The van der Waals surface area contributed by atoms with Crippen molar-refractivity contribution in [2.45, 2.75) is 30.7 Å². The second kappa shape index (κ2) is 12.1. The van der Waals surface area contributed by atoms with E-state index in [1.807, 2.05) is 65.6 Å². The number of hydrogen-bond acceptors (Lipinski definition) is 3. The monoisotopic (exact) mass is 562 g/mol. The first kappa shape index (κ1) is 27.0. The summed E-state index contributed by atoms with van der Waals surface area (Å²) >= 11 is 1.41. The minimum Gasteiger partial charge on any atom is -0.339 e. The van der Waals surface area contributed by atoms with Crippen LogP contribution in [0, 0.1) is 11.7 Å². The summed E-state index contributed by atoms with van der Waals surface area (Å²) in [4.78, 5) is 31.9. The van der Waals surface area contributed by atoms with Gasteiger partial charge in [0.05, 0.1) is 17.1 Å². The molecule has 6 rings (SSSR count). The number of thioether (sulfide) groups is 1. The van der Waals surface area contributed by atoms with Crippen molar-refractivity contribution in [3.63, 3.8) is 0 Å². The number of carbonyl (C=O) groups is 2. The highest BCUT2D eigenvalue weighted by molar-refractivity contribution is 8.04. The number of nitrogens with zero attached hydrogens (tertiary/aromatic N) is 2. The highest BCUT2D eigenvalue weighted by Crippen LogP contribution is 2.42. The van der Waals surface area contributed by atoms with Crippen LogP contribution in [-0.2, 0) is 17.8 Å². The molecule has 2 aliphatic heterocycles. The fraction of sp³-hybridized carbons (Fsp3) is 0.200. The molecule has 0 bridgehead atoms. The largest absolute Gasteiger partial charge is 0.339 e. The molecule has 2 heterocycles. The zero-order chi connectivity index (χ0) is 28.2. The molecule has 0 spiro atoms. The number of fused-ring (bicyclic) bond motifs is 1. The molecule has 0 radical (unpaired) electrons. The van der Waals surface area contributed by atoms with Gasteiger partial charge in [0.15, 0.2) is 0 Å². The van der Waals surface area contributed by atoms with Crippen molar-refractivity contribution in [3.05, 3.63) is 136 Å². The van der Waals surface area contributed by atoms with E-state index < -0.39 is 0 Å². The Morgan fingerprint density at radius 1 is 0.854 bits per heavy atom. The SMILES string of the molecule is O=C(c1ccc(/C=C2\Sc3ccccc3N(Cc3ccccc3F)C2=O)cc1)N1CCC(Cc2ccccc2)CC1. The van der Waals surface area contributed by atoms with E-state index in [-0.39, 0.29) is 24.2 Å². The lowest BCUT2D eigenvalue weighted by Crippen LogP contribution is -2.38. The molecule has 41 heavy (non-hydrogen) atoms. The molecule has 2 amide bonds. The Balaban J connectivity index is 1.14. The molecule has 0 atom stereocenters. The Labute approximate surface area is 244 Å². The van der Waals surface area contributed by atoms with Crippen molar-refractivity contribution < 1.29 is 14.0 Å². The number of likely N-dealkylation sites (tertiary alicyclic amines) is 1. The van der Waals surface area contributed by atoms with Gasteiger partial charge in [-0.3, -0.25) is 9.59 Å². The van der Waals surface area contributed by atoms with Crippen molar-refractivity contribution in [2.24, 2.45) is 5.92 Å². The summed E-state index contributed by atoms with van der Waals surface area (Å²) in [6.07, 6.45) is 4.93. The van der Waals surface area contributed by atoms with Gasteiger partial charge in [0.2, 0.25) is 0 Å². The topological polar surface area (TPSA) is 40.6 Å². The molecule has 206 valence electrons. The summed E-state index contributed by atoms with van der Waals surface area (Å²) in [6, 6.07) is 32.2. The summed E-state index contributed by atoms with van der Waals surface area (Å²) in [7, 11) is 0.